The molecule has 0 aromatic heterocycles. The Balaban J connectivity index is 1.39. The van der Waals surface area contributed by atoms with Gasteiger partial charge >= 0.3 is 0 Å². The van der Waals surface area contributed by atoms with E-state index in [4.69, 9.17) is 4.74 Å². The van der Waals surface area contributed by atoms with Crippen LogP contribution in [-0.4, -0.2) is 29.9 Å². The van der Waals surface area contributed by atoms with Gasteiger partial charge in [-0.3, -0.25) is 9.59 Å². The molecule has 1 aliphatic heterocycles. The molecule has 1 heterocycles. The molecule has 1 N–H and O–H groups in total. The molecular weight excluding hydrogens is 436 g/mol. The van der Waals surface area contributed by atoms with Gasteiger partial charge in [-0.05, 0) is 67.1 Å². The summed E-state index contributed by atoms with van der Waals surface area (Å²) in [6.45, 7) is 2.72. The third-order valence-corrected chi connectivity index (χ3v) is 7.15. The number of nitrogens with one attached hydrogen (secondary N) is 1. The summed E-state index contributed by atoms with van der Waals surface area (Å²) in [6.07, 6.45) is 5.08. The summed E-state index contributed by atoms with van der Waals surface area (Å²) in [6, 6.07) is 23.7. The molecule has 0 radical (unpaired) electrons. The van der Waals surface area contributed by atoms with Gasteiger partial charge in [0.2, 0.25) is 5.91 Å². The average Bonchev–Trinajstić information content (AvgIpc) is 3.43. The number of aryl methyl sites for hydroxylation is 1. The van der Waals surface area contributed by atoms with E-state index >= 15 is 0 Å². The average molecular weight is 469 g/mol. The number of ether oxygens (including phenoxy) is 1. The fourth-order valence-corrected chi connectivity index (χ4v) is 5.30. The Kier molecular flexibility index (Phi) is 6.84. The van der Waals surface area contributed by atoms with E-state index in [2.05, 4.69) is 47.5 Å². The van der Waals surface area contributed by atoms with E-state index in [1.807, 2.05) is 42.5 Å². The summed E-state index contributed by atoms with van der Waals surface area (Å²) in [7, 11) is 0. The molecule has 5 heteroatoms. The lowest BCUT2D eigenvalue weighted by molar-refractivity contribution is -0.137. The number of hydrogen-bond acceptors (Lipinski definition) is 3. The zero-order valence-corrected chi connectivity index (χ0v) is 20.2. The van der Waals surface area contributed by atoms with Gasteiger partial charge in [-0.15, -0.1) is 0 Å². The highest BCUT2D eigenvalue weighted by molar-refractivity contribution is 5.91. The zero-order valence-electron chi connectivity index (χ0n) is 20.2. The number of fused-ring (bicyclic) bond motifs is 1. The second-order valence-corrected chi connectivity index (χ2v) is 9.64. The molecule has 1 saturated carbocycles. The highest BCUT2D eigenvalue weighted by Crippen LogP contribution is 2.39. The van der Waals surface area contributed by atoms with Crippen molar-refractivity contribution in [3.8, 4) is 5.75 Å². The first-order chi connectivity index (χ1) is 17.1. The maximum absolute atomic E-state index is 13.6. The minimum Gasteiger partial charge on any atom is -0.484 e. The molecule has 35 heavy (non-hydrogen) atoms. The molecule has 3 aromatic rings. The first kappa shape index (κ1) is 23.2. The Hall–Kier alpha value is -3.60. The van der Waals surface area contributed by atoms with Gasteiger partial charge in [0.1, 0.15) is 5.75 Å². The van der Waals surface area contributed by atoms with Crippen LogP contribution < -0.4 is 10.1 Å². The molecule has 5 rings (SSSR count). The Morgan fingerprint density at radius 1 is 0.971 bits per heavy atom. The molecule has 5 nitrogen and oxygen atoms in total. The first-order valence-corrected chi connectivity index (χ1v) is 12.6. The second-order valence-electron chi connectivity index (χ2n) is 9.64. The maximum atomic E-state index is 13.6. The summed E-state index contributed by atoms with van der Waals surface area (Å²) >= 11 is 0. The van der Waals surface area contributed by atoms with Gasteiger partial charge in [0, 0.05) is 18.2 Å². The molecule has 1 atom stereocenters. The Bertz CT molecular complexity index is 1180. The normalized spacial score (nSPS) is 17.6. The van der Waals surface area contributed by atoms with Gasteiger partial charge in [0.15, 0.2) is 6.61 Å². The molecule has 1 aliphatic carbocycles. The number of amides is 2. The number of rotatable bonds is 6. The topological polar surface area (TPSA) is 58.6 Å². The predicted octanol–water partition coefficient (Wildman–Crippen LogP) is 5.68. The van der Waals surface area contributed by atoms with Crippen LogP contribution in [0.15, 0.2) is 72.8 Å². The lowest BCUT2D eigenvalue weighted by atomic mass is 9.86. The van der Waals surface area contributed by atoms with Crippen LogP contribution >= 0.6 is 0 Å². The number of hydrogen-bond donors (Lipinski definition) is 1. The Morgan fingerprint density at radius 3 is 2.46 bits per heavy atom. The van der Waals surface area contributed by atoms with E-state index < -0.39 is 0 Å². The highest BCUT2D eigenvalue weighted by Gasteiger charge is 2.36. The van der Waals surface area contributed by atoms with Crippen molar-refractivity contribution in [2.45, 2.75) is 45.1 Å². The lowest BCUT2D eigenvalue weighted by Gasteiger charge is -2.39. The standard InChI is InChI=1S/C30H32N2O3/c1-21-11-13-23(14-12-21)29-27-19-26(35-20-28(33)31-25-9-3-2-4-10-25)16-15-22(27)17-18-32(29)30(34)24-7-5-6-8-24/h2-4,9-16,19,24,29H,5-8,17-18,20H2,1H3,(H,31,33). The maximum Gasteiger partial charge on any atom is 0.262 e. The number of carbonyl (C=O) groups is 2. The zero-order chi connectivity index (χ0) is 24.2. The minimum absolute atomic E-state index is 0.0758. The molecule has 0 bridgehead atoms. The van der Waals surface area contributed by atoms with Gasteiger partial charge in [-0.1, -0.05) is 66.9 Å². The molecule has 0 spiro atoms. The SMILES string of the molecule is Cc1ccc(C2c3cc(OCC(=O)Nc4ccccc4)ccc3CCN2C(=O)C2CCCC2)cc1. The first-order valence-electron chi connectivity index (χ1n) is 12.6. The summed E-state index contributed by atoms with van der Waals surface area (Å²) in [5.41, 5.74) is 5.37. The van der Waals surface area contributed by atoms with Crippen LogP contribution in [0.4, 0.5) is 5.69 Å². The van der Waals surface area contributed by atoms with Crippen LogP contribution in [0.2, 0.25) is 0 Å². The van der Waals surface area contributed by atoms with Gasteiger partial charge < -0.3 is 15.0 Å². The van der Waals surface area contributed by atoms with E-state index in [1.165, 1.54) is 11.1 Å². The smallest absolute Gasteiger partial charge is 0.262 e. The third kappa shape index (κ3) is 5.24. The van der Waals surface area contributed by atoms with Crippen molar-refractivity contribution < 1.29 is 14.3 Å². The van der Waals surface area contributed by atoms with Gasteiger partial charge in [0.25, 0.3) is 5.91 Å². The fraction of sp³-hybridized carbons (Fsp3) is 0.333. The quantitative estimate of drug-likeness (QED) is 0.507. The van der Waals surface area contributed by atoms with Crippen LogP contribution in [0.5, 0.6) is 5.75 Å². The van der Waals surface area contributed by atoms with Crippen molar-refractivity contribution in [2.75, 3.05) is 18.5 Å². The molecular formula is C30H32N2O3. The molecule has 180 valence electrons. The molecule has 0 saturated heterocycles. The highest BCUT2D eigenvalue weighted by atomic mass is 16.5. The largest absolute Gasteiger partial charge is 0.484 e. The Labute approximate surface area is 207 Å². The van der Waals surface area contributed by atoms with Crippen LogP contribution in [0.3, 0.4) is 0 Å². The monoisotopic (exact) mass is 468 g/mol. The van der Waals surface area contributed by atoms with Crippen molar-refractivity contribution >= 4 is 17.5 Å². The summed E-state index contributed by atoms with van der Waals surface area (Å²) in [5, 5.41) is 2.85. The van der Waals surface area contributed by atoms with Crippen molar-refractivity contribution in [1.29, 1.82) is 0 Å². The molecule has 2 aliphatic rings. The van der Waals surface area contributed by atoms with Crippen LogP contribution in [0.25, 0.3) is 0 Å². The fourth-order valence-electron chi connectivity index (χ4n) is 5.30. The van der Waals surface area contributed by atoms with E-state index in [9.17, 15) is 9.59 Å². The van der Waals surface area contributed by atoms with E-state index in [0.29, 0.717) is 5.75 Å². The van der Waals surface area contributed by atoms with Crippen molar-refractivity contribution in [3.63, 3.8) is 0 Å². The summed E-state index contributed by atoms with van der Waals surface area (Å²) in [5.74, 6) is 0.833. The summed E-state index contributed by atoms with van der Waals surface area (Å²) in [4.78, 5) is 28.0. The number of carbonyl (C=O) groups excluding carboxylic acids is 2. The van der Waals surface area contributed by atoms with Crippen molar-refractivity contribution in [1.82, 2.24) is 4.90 Å². The number of anilines is 1. The summed E-state index contributed by atoms with van der Waals surface area (Å²) < 4.78 is 5.89. The number of benzene rings is 3. The van der Waals surface area contributed by atoms with E-state index in [0.717, 1.165) is 55.5 Å². The second kappa shape index (κ2) is 10.3. The van der Waals surface area contributed by atoms with Crippen molar-refractivity contribution in [3.05, 3.63) is 95.1 Å². The number of para-hydroxylation sites is 1. The van der Waals surface area contributed by atoms with E-state index in [1.54, 1.807) is 0 Å². The lowest BCUT2D eigenvalue weighted by Crippen LogP contribution is -2.43. The molecule has 3 aromatic carbocycles. The third-order valence-electron chi connectivity index (χ3n) is 7.15. The van der Waals surface area contributed by atoms with E-state index in [-0.39, 0.29) is 30.4 Å². The molecule has 2 amide bonds. The molecule has 1 fully saturated rings. The van der Waals surface area contributed by atoms with Gasteiger partial charge in [0.05, 0.1) is 6.04 Å². The molecule has 1 unspecified atom stereocenters. The van der Waals surface area contributed by atoms with Crippen molar-refractivity contribution in [2.24, 2.45) is 5.92 Å². The van der Waals surface area contributed by atoms with Gasteiger partial charge in [-0.25, -0.2) is 0 Å². The minimum atomic E-state index is -0.206. The van der Waals surface area contributed by atoms with Crippen LogP contribution in [0, 0.1) is 12.8 Å². The predicted molar refractivity (Wildman–Crippen MR) is 137 cm³/mol. The Morgan fingerprint density at radius 2 is 1.71 bits per heavy atom. The van der Waals surface area contributed by atoms with Crippen LogP contribution in [0.1, 0.15) is 54.0 Å². The van der Waals surface area contributed by atoms with Gasteiger partial charge in [-0.2, -0.15) is 0 Å². The number of nitrogens with zero attached hydrogens (tertiary/aromatic N) is 1. The van der Waals surface area contributed by atoms with Crippen LogP contribution in [-0.2, 0) is 16.0 Å².